The third-order valence-electron chi connectivity index (χ3n) is 11.8. The predicted octanol–water partition coefficient (Wildman–Crippen LogP) is 3.56. The number of aliphatic hydroxyl groups is 1. The number of likely N-dealkylation sites (tertiary alicyclic amines) is 1. The molecule has 6 rings (SSSR count). The molecule has 0 unspecified atom stereocenters. The number of rotatable bonds is 22. The summed E-state index contributed by atoms with van der Waals surface area (Å²) in [6, 6.07) is 14.9. The molecule has 0 spiro atoms. The van der Waals surface area contributed by atoms with E-state index in [0.29, 0.717) is 64.8 Å². The van der Waals surface area contributed by atoms with Gasteiger partial charge in [0.15, 0.2) is 0 Å². The molecule has 2 aromatic heterocycles. The van der Waals surface area contributed by atoms with Gasteiger partial charge in [0, 0.05) is 70.3 Å². The Kier molecular flexibility index (Phi) is 19.1. The minimum atomic E-state index is -3.71. The van der Waals surface area contributed by atoms with Crippen LogP contribution in [0.2, 0.25) is 0 Å². The number of anilines is 1. The second-order valence-corrected chi connectivity index (χ2v) is 20.9. The predicted molar refractivity (Wildman–Crippen MR) is 261 cm³/mol. The van der Waals surface area contributed by atoms with Gasteiger partial charge < -0.3 is 45.5 Å². The number of β-amino-alcohol motifs (C(OH)–C–C–N with tert-alkyl or cyclic N) is 1. The van der Waals surface area contributed by atoms with Crippen LogP contribution in [0, 0.1) is 12.3 Å². The van der Waals surface area contributed by atoms with E-state index >= 15 is 0 Å². The number of piperazine rings is 1. The molecule has 2 saturated heterocycles. The van der Waals surface area contributed by atoms with Crippen molar-refractivity contribution >= 4 is 50.8 Å². The molecule has 4 atom stereocenters. The van der Waals surface area contributed by atoms with Gasteiger partial charge in [-0.3, -0.25) is 24.3 Å². The fourth-order valence-corrected chi connectivity index (χ4v) is 10.2. The van der Waals surface area contributed by atoms with Gasteiger partial charge >= 0.3 is 6.03 Å². The first-order valence-electron chi connectivity index (χ1n) is 23.1. The Labute approximate surface area is 408 Å². The van der Waals surface area contributed by atoms with Crippen LogP contribution in [0.3, 0.4) is 0 Å². The number of sulfonamides is 1. The van der Waals surface area contributed by atoms with E-state index in [0.717, 1.165) is 27.3 Å². The smallest absolute Gasteiger partial charge is 0.319 e. The van der Waals surface area contributed by atoms with E-state index < -0.39 is 51.5 Å². The van der Waals surface area contributed by atoms with E-state index in [4.69, 9.17) is 14.2 Å². The average Bonchev–Trinajstić information content (AvgIpc) is 3.95. The summed E-state index contributed by atoms with van der Waals surface area (Å²) in [4.78, 5) is 66.0. The topological polar surface area (TPSA) is 234 Å². The van der Waals surface area contributed by atoms with Crippen LogP contribution in [0.5, 0.6) is 0 Å². The molecule has 0 radical (unpaired) electrons. The number of pyridine rings is 1. The van der Waals surface area contributed by atoms with Gasteiger partial charge in [-0.1, -0.05) is 51.1 Å². The molecule has 2 fully saturated rings. The van der Waals surface area contributed by atoms with Crippen molar-refractivity contribution in [2.24, 2.45) is 5.41 Å². The number of urea groups is 1. The normalized spacial score (nSPS) is 17.8. The van der Waals surface area contributed by atoms with E-state index in [1.807, 2.05) is 70.5 Å². The van der Waals surface area contributed by atoms with E-state index in [1.165, 1.54) is 21.3 Å². The first kappa shape index (κ1) is 53.0. The Morgan fingerprint density at radius 3 is 2.22 bits per heavy atom. The molecule has 0 bridgehead atoms. The van der Waals surface area contributed by atoms with E-state index in [9.17, 15) is 32.7 Å². The van der Waals surface area contributed by atoms with Crippen LogP contribution in [0.15, 0.2) is 83.5 Å². The molecule has 0 saturated carbocycles. The number of aryl methyl sites for hydroxylation is 1. The summed E-state index contributed by atoms with van der Waals surface area (Å²) >= 11 is 1.57. The Balaban J connectivity index is 0.825. The minimum Gasteiger partial charge on any atom is -0.391 e. The molecular weight excluding hydrogens is 927 g/mol. The van der Waals surface area contributed by atoms with Crippen LogP contribution in [0.4, 0.5) is 10.5 Å². The third kappa shape index (κ3) is 15.3. The van der Waals surface area contributed by atoms with E-state index in [1.54, 1.807) is 41.9 Å². The van der Waals surface area contributed by atoms with Crippen molar-refractivity contribution in [1.82, 2.24) is 40.0 Å². The zero-order valence-corrected chi connectivity index (χ0v) is 41.5. The lowest BCUT2D eigenvalue weighted by molar-refractivity contribution is -0.144. The van der Waals surface area contributed by atoms with Gasteiger partial charge in [-0.05, 0) is 66.3 Å². The zero-order valence-electron chi connectivity index (χ0n) is 39.9. The third-order valence-corrected chi connectivity index (χ3v) is 14.7. The number of nitrogens with zero attached hydrogens (tertiary/aromatic N) is 5. The molecular formula is C48H65N9O10S2. The number of amides is 5. The molecule has 5 amide bonds. The van der Waals surface area contributed by atoms with Crippen molar-refractivity contribution in [2.45, 2.75) is 76.7 Å². The number of carbonyl (C=O) groups excluding carboxylic acids is 4. The van der Waals surface area contributed by atoms with Crippen molar-refractivity contribution in [1.29, 1.82) is 0 Å². The molecule has 21 heteroatoms. The second kappa shape index (κ2) is 24.9. The minimum absolute atomic E-state index is 0.0341. The number of thiazole rings is 1. The highest BCUT2D eigenvalue weighted by Gasteiger charge is 2.44. The Morgan fingerprint density at radius 1 is 0.899 bits per heavy atom. The van der Waals surface area contributed by atoms with Crippen molar-refractivity contribution in [2.75, 3.05) is 84.2 Å². The molecule has 2 aliphatic rings. The summed E-state index contributed by atoms with van der Waals surface area (Å²) < 4.78 is 45.0. The first-order valence-corrected chi connectivity index (χ1v) is 25.4. The quantitative estimate of drug-likeness (QED) is 0.0710. The summed E-state index contributed by atoms with van der Waals surface area (Å²) in [6.07, 6.45) is 2.50. The summed E-state index contributed by atoms with van der Waals surface area (Å²) in [5.74, 6) is -1.35. The van der Waals surface area contributed by atoms with Gasteiger partial charge in [-0.15, -0.1) is 11.3 Å². The largest absolute Gasteiger partial charge is 0.391 e. The van der Waals surface area contributed by atoms with Crippen molar-refractivity contribution in [3.05, 3.63) is 95.4 Å². The molecule has 69 heavy (non-hydrogen) atoms. The summed E-state index contributed by atoms with van der Waals surface area (Å²) in [6.45, 7) is 13.1. The monoisotopic (exact) mass is 991 g/mol. The number of hydrogen-bond donors (Lipinski definition) is 5. The van der Waals surface area contributed by atoms with E-state index in [-0.39, 0.29) is 49.6 Å². The van der Waals surface area contributed by atoms with Gasteiger partial charge in [0.05, 0.1) is 66.2 Å². The van der Waals surface area contributed by atoms with Gasteiger partial charge in [0.1, 0.15) is 18.7 Å². The number of hydrogen-bond acceptors (Lipinski definition) is 14. The molecule has 2 aliphatic heterocycles. The number of nitrogens with one attached hydrogen (secondary N) is 4. The van der Waals surface area contributed by atoms with Gasteiger partial charge in [0.2, 0.25) is 27.7 Å². The maximum Gasteiger partial charge on any atom is 0.319 e. The molecule has 5 N–H and O–H groups in total. The van der Waals surface area contributed by atoms with Crippen LogP contribution in [-0.2, 0) is 45.2 Å². The lowest BCUT2D eigenvalue weighted by Crippen LogP contribution is -2.58. The highest BCUT2D eigenvalue weighted by molar-refractivity contribution is 7.89. The maximum absolute atomic E-state index is 14.0. The van der Waals surface area contributed by atoms with Crippen molar-refractivity contribution in [3.63, 3.8) is 0 Å². The summed E-state index contributed by atoms with van der Waals surface area (Å²) in [5.41, 5.74) is 5.29. The molecule has 2 aromatic carbocycles. The fraction of sp³-hybridized carbons (Fsp3) is 0.500. The highest BCUT2D eigenvalue weighted by Crippen LogP contribution is 2.30. The summed E-state index contributed by atoms with van der Waals surface area (Å²) in [5, 5.41) is 21.9. The lowest BCUT2D eigenvalue weighted by Gasteiger charge is -2.35. The zero-order chi connectivity index (χ0) is 49.6. The second-order valence-electron chi connectivity index (χ2n) is 18.1. The van der Waals surface area contributed by atoms with Crippen LogP contribution >= 0.6 is 11.3 Å². The van der Waals surface area contributed by atoms with Crippen LogP contribution in [-0.4, -0.2) is 158 Å². The molecule has 4 heterocycles. The molecule has 4 aromatic rings. The lowest BCUT2D eigenvalue weighted by atomic mass is 9.85. The highest BCUT2D eigenvalue weighted by atomic mass is 32.2. The Hall–Kier alpha value is -5.39. The Morgan fingerprint density at radius 2 is 1.58 bits per heavy atom. The number of benzene rings is 2. The van der Waals surface area contributed by atoms with Gasteiger partial charge in [-0.25, -0.2) is 18.2 Å². The number of carbonyl (C=O) groups is 4. The first-order chi connectivity index (χ1) is 33.0. The van der Waals surface area contributed by atoms with Crippen LogP contribution < -0.4 is 21.3 Å². The standard InChI is InChI=1S/C48H65N9O10S2/c1-33(36-8-10-37(11-9-36)43-34(2)51-32-68-43)52-45(60)41-27-39(58)30-57(41)46(61)44(48(3,4)5)54-42(59)31-67-26-25-66-24-23-65-22-21-55-17-19-56(20-18-55)69(63,64)40-14-12-38(13-15-40)53-47(62)50-29-35-7-6-16-49-28-35/h6-16,28,32-33,39,41,44,58H,17-27,29-31H2,1-5H3,(H,52,60)(H,54,59)(H2,50,53,62)/t33-,39+,41-,44+/m0/s1. The van der Waals surface area contributed by atoms with Gasteiger partial charge in [0.25, 0.3) is 0 Å². The van der Waals surface area contributed by atoms with E-state index in [2.05, 4.69) is 36.1 Å². The SMILES string of the molecule is Cc1ncsc1-c1ccc([C@H](C)NC(=O)[C@@H]2C[C@@H](O)CN2C(=O)[C@@H](NC(=O)COCCOCCOCCN2CCN(S(=O)(=O)c3ccc(NC(=O)NCc4cccnc4)cc3)CC2)C(C)(C)C)cc1. The number of aliphatic hydroxyl groups excluding tert-OH is 1. The molecule has 374 valence electrons. The van der Waals surface area contributed by atoms with Crippen LogP contribution in [0.1, 0.15) is 57.0 Å². The molecule has 19 nitrogen and oxygen atoms in total. The number of aromatic nitrogens is 2. The summed E-state index contributed by atoms with van der Waals surface area (Å²) in [7, 11) is -3.71. The van der Waals surface area contributed by atoms with Gasteiger partial charge in [-0.2, -0.15) is 4.31 Å². The Bertz CT molecular complexity index is 2410. The fourth-order valence-electron chi connectivity index (χ4n) is 7.93. The molecule has 0 aliphatic carbocycles. The number of ether oxygens (including phenoxy) is 3. The van der Waals surface area contributed by atoms with Crippen molar-refractivity contribution in [3.8, 4) is 10.4 Å². The average molecular weight is 992 g/mol. The van der Waals surface area contributed by atoms with Crippen LogP contribution in [0.25, 0.3) is 10.4 Å². The van der Waals surface area contributed by atoms with Crippen molar-refractivity contribution < 1.29 is 46.9 Å². The maximum atomic E-state index is 14.0.